The van der Waals surface area contributed by atoms with Crippen LogP contribution in [-0.4, -0.2) is 6.04 Å². The van der Waals surface area contributed by atoms with Gasteiger partial charge in [-0.2, -0.15) is 0 Å². The van der Waals surface area contributed by atoms with Crippen LogP contribution in [0.3, 0.4) is 0 Å². The molecule has 0 radical (unpaired) electrons. The first-order valence-electron chi connectivity index (χ1n) is 4.37. The van der Waals surface area contributed by atoms with Crippen LogP contribution in [0.15, 0.2) is 12.2 Å². The van der Waals surface area contributed by atoms with Crippen molar-refractivity contribution in [1.82, 2.24) is 0 Å². The fourth-order valence-corrected chi connectivity index (χ4v) is 1.13. The summed E-state index contributed by atoms with van der Waals surface area (Å²) < 4.78 is 0. The number of nitrogens with two attached hydrogens (primary N) is 1. The zero-order valence-electron chi connectivity index (χ0n) is 8.22. The minimum atomic E-state index is 0.322. The summed E-state index contributed by atoms with van der Waals surface area (Å²) in [6.07, 6.45) is 6.64. The van der Waals surface area contributed by atoms with Gasteiger partial charge in [-0.25, -0.2) is 0 Å². The van der Waals surface area contributed by atoms with E-state index in [0.29, 0.717) is 11.5 Å². The van der Waals surface area contributed by atoms with Crippen molar-refractivity contribution in [2.24, 2.45) is 11.1 Å². The smallest absolute Gasteiger partial charge is 0.00107 e. The lowest BCUT2D eigenvalue weighted by Gasteiger charge is -2.20. The van der Waals surface area contributed by atoms with Crippen molar-refractivity contribution in [3.05, 3.63) is 12.2 Å². The van der Waals surface area contributed by atoms with Gasteiger partial charge in [0.1, 0.15) is 0 Å². The zero-order chi connectivity index (χ0) is 8.91. The molecule has 0 fully saturated rings. The minimum absolute atomic E-state index is 0.322. The van der Waals surface area contributed by atoms with Gasteiger partial charge in [-0.1, -0.05) is 26.0 Å². The molecule has 0 aromatic rings. The van der Waals surface area contributed by atoms with Crippen molar-refractivity contribution in [3.8, 4) is 0 Å². The number of rotatable bonds is 4. The van der Waals surface area contributed by atoms with Gasteiger partial charge in [0.15, 0.2) is 0 Å². The van der Waals surface area contributed by atoms with Gasteiger partial charge in [-0.15, -0.1) is 0 Å². The highest BCUT2D eigenvalue weighted by molar-refractivity contribution is 4.92. The van der Waals surface area contributed by atoms with Crippen LogP contribution < -0.4 is 5.73 Å². The maximum atomic E-state index is 5.67. The molecule has 0 amide bonds. The van der Waals surface area contributed by atoms with Crippen LogP contribution in [0.1, 0.15) is 40.5 Å². The van der Waals surface area contributed by atoms with Gasteiger partial charge in [-0.05, 0) is 32.1 Å². The van der Waals surface area contributed by atoms with Crippen LogP contribution in [0.5, 0.6) is 0 Å². The van der Waals surface area contributed by atoms with Crippen molar-refractivity contribution in [1.29, 1.82) is 0 Å². The van der Waals surface area contributed by atoms with E-state index in [0.717, 1.165) is 6.42 Å². The maximum absolute atomic E-state index is 5.67. The second kappa shape index (κ2) is 4.55. The molecule has 0 aromatic heterocycles. The van der Waals surface area contributed by atoms with E-state index in [1.807, 2.05) is 0 Å². The Morgan fingerprint density at radius 3 is 2.36 bits per heavy atom. The van der Waals surface area contributed by atoms with E-state index in [9.17, 15) is 0 Å². The molecule has 1 atom stereocenters. The topological polar surface area (TPSA) is 26.0 Å². The fourth-order valence-electron chi connectivity index (χ4n) is 1.13. The first kappa shape index (κ1) is 10.7. The van der Waals surface area contributed by atoms with Gasteiger partial charge in [0.25, 0.3) is 0 Å². The number of hydrogen-bond acceptors (Lipinski definition) is 1. The largest absolute Gasteiger partial charge is 0.328 e. The molecule has 0 spiro atoms. The lowest BCUT2D eigenvalue weighted by atomic mass is 9.86. The summed E-state index contributed by atoms with van der Waals surface area (Å²) in [4.78, 5) is 0. The first-order valence-corrected chi connectivity index (χ1v) is 4.37. The van der Waals surface area contributed by atoms with Crippen LogP contribution in [0.25, 0.3) is 0 Å². The SMILES string of the molecule is C/C=C\C(C)(C)CCC(C)N. The Bertz CT molecular complexity index is 123. The van der Waals surface area contributed by atoms with Crippen molar-refractivity contribution in [2.45, 2.75) is 46.6 Å². The van der Waals surface area contributed by atoms with E-state index in [1.54, 1.807) is 0 Å². The summed E-state index contributed by atoms with van der Waals surface area (Å²) in [5.41, 5.74) is 5.99. The molecule has 0 rings (SSSR count). The Hall–Kier alpha value is -0.300. The molecule has 0 aliphatic heterocycles. The van der Waals surface area contributed by atoms with Crippen LogP contribution >= 0.6 is 0 Å². The van der Waals surface area contributed by atoms with Gasteiger partial charge >= 0.3 is 0 Å². The Labute approximate surface area is 70.7 Å². The molecule has 0 saturated heterocycles. The molecule has 0 saturated carbocycles. The highest BCUT2D eigenvalue weighted by Crippen LogP contribution is 2.24. The minimum Gasteiger partial charge on any atom is -0.328 e. The molecule has 2 N–H and O–H groups in total. The molecule has 0 aromatic carbocycles. The third kappa shape index (κ3) is 6.11. The molecule has 0 aliphatic carbocycles. The molecule has 0 bridgehead atoms. The summed E-state index contributed by atoms with van der Waals surface area (Å²) in [5, 5.41) is 0. The molecule has 1 unspecified atom stereocenters. The molecule has 66 valence electrons. The Morgan fingerprint density at radius 2 is 2.00 bits per heavy atom. The average molecular weight is 155 g/mol. The zero-order valence-corrected chi connectivity index (χ0v) is 8.22. The quantitative estimate of drug-likeness (QED) is 0.621. The third-order valence-corrected chi connectivity index (χ3v) is 1.86. The highest BCUT2D eigenvalue weighted by atomic mass is 14.6. The van der Waals surface area contributed by atoms with Gasteiger partial charge in [0, 0.05) is 6.04 Å². The number of hydrogen-bond donors (Lipinski definition) is 1. The lowest BCUT2D eigenvalue weighted by molar-refractivity contribution is 0.403. The summed E-state index contributed by atoms with van der Waals surface area (Å²) >= 11 is 0. The average Bonchev–Trinajstić information content (AvgIpc) is 1.84. The van der Waals surface area contributed by atoms with Crippen LogP contribution in [0, 0.1) is 5.41 Å². The maximum Gasteiger partial charge on any atom is 0.00107 e. The molecule has 0 aliphatic rings. The monoisotopic (exact) mass is 155 g/mol. The Morgan fingerprint density at radius 1 is 1.45 bits per heavy atom. The Kier molecular flexibility index (Phi) is 4.43. The van der Waals surface area contributed by atoms with E-state index in [4.69, 9.17) is 5.73 Å². The molecule has 1 heteroatoms. The van der Waals surface area contributed by atoms with Gasteiger partial charge < -0.3 is 5.73 Å². The predicted octanol–water partition coefficient (Wildman–Crippen LogP) is 2.72. The highest BCUT2D eigenvalue weighted by Gasteiger charge is 2.13. The van der Waals surface area contributed by atoms with E-state index < -0.39 is 0 Å². The molecule has 0 heterocycles. The summed E-state index contributed by atoms with van der Waals surface area (Å²) in [5.74, 6) is 0. The van der Waals surface area contributed by atoms with Gasteiger partial charge in [-0.3, -0.25) is 0 Å². The van der Waals surface area contributed by atoms with Gasteiger partial charge in [0.2, 0.25) is 0 Å². The molecular weight excluding hydrogens is 134 g/mol. The normalized spacial score (nSPS) is 15.7. The molecule has 1 nitrogen and oxygen atoms in total. The van der Waals surface area contributed by atoms with Crippen molar-refractivity contribution in [3.63, 3.8) is 0 Å². The van der Waals surface area contributed by atoms with Crippen molar-refractivity contribution < 1.29 is 0 Å². The van der Waals surface area contributed by atoms with E-state index in [1.165, 1.54) is 6.42 Å². The van der Waals surface area contributed by atoms with Crippen LogP contribution in [0.2, 0.25) is 0 Å². The van der Waals surface area contributed by atoms with E-state index >= 15 is 0 Å². The van der Waals surface area contributed by atoms with E-state index in [-0.39, 0.29) is 0 Å². The van der Waals surface area contributed by atoms with Gasteiger partial charge in [0.05, 0.1) is 0 Å². The number of allylic oxidation sites excluding steroid dienone is 2. The molecular formula is C10H21N. The second-order valence-corrected chi connectivity index (χ2v) is 4.00. The Balaban J connectivity index is 3.72. The lowest BCUT2D eigenvalue weighted by Crippen LogP contribution is -2.18. The van der Waals surface area contributed by atoms with Crippen LogP contribution in [-0.2, 0) is 0 Å². The third-order valence-electron chi connectivity index (χ3n) is 1.86. The van der Waals surface area contributed by atoms with Crippen molar-refractivity contribution >= 4 is 0 Å². The fraction of sp³-hybridized carbons (Fsp3) is 0.800. The second-order valence-electron chi connectivity index (χ2n) is 4.00. The summed E-state index contributed by atoms with van der Waals surface area (Å²) in [6.45, 7) is 8.62. The standard InChI is InChI=1S/C10H21N/c1-5-7-10(3,4)8-6-9(2)11/h5,7,9H,6,8,11H2,1-4H3/b7-5-. The van der Waals surface area contributed by atoms with Crippen LogP contribution in [0.4, 0.5) is 0 Å². The summed E-state index contributed by atoms with van der Waals surface area (Å²) in [6, 6.07) is 0.333. The predicted molar refractivity (Wildman–Crippen MR) is 51.5 cm³/mol. The molecule has 11 heavy (non-hydrogen) atoms. The first-order chi connectivity index (χ1) is 4.98. The summed E-state index contributed by atoms with van der Waals surface area (Å²) in [7, 11) is 0. The van der Waals surface area contributed by atoms with Crippen molar-refractivity contribution in [2.75, 3.05) is 0 Å². The van der Waals surface area contributed by atoms with E-state index in [2.05, 4.69) is 39.8 Å².